The Hall–Kier alpha value is -1.70. The van der Waals surface area contributed by atoms with E-state index < -0.39 is 10.0 Å². The van der Waals surface area contributed by atoms with E-state index in [4.69, 9.17) is 5.73 Å². The van der Waals surface area contributed by atoms with Crippen LogP contribution in [0.15, 0.2) is 41.6 Å². The Balaban J connectivity index is 2.31. The zero-order chi connectivity index (χ0) is 15.5. The zero-order valence-corrected chi connectivity index (χ0v) is 13.0. The first kappa shape index (κ1) is 15.7. The molecule has 6 nitrogen and oxygen atoms in total. The van der Waals surface area contributed by atoms with Gasteiger partial charge in [0.1, 0.15) is 4.90 Å². The molecule has 0 atom stereocenters. The van der Waals surface area contributed by atoms with E-state index in [-0.39, 0.29) is 11.4 Å². The summed E-state index contributed by atoms with van der Waals surface area (Å²) in [5.74, 6) is 0. The lowest BCUT2D eigenvalue weighted by Gasteiger charge is -2.19. The van der Waals surface area contributed by atoms with Crippen LogP contribution in [0.3, 0.4) is 0 Å². The summed E-state index contributed by atoms with van der Waals surface area (Å²) >= 11 is 0. The smallest absolute Gasteiger partial charge is 0.244 e. The molecule has 0 aromatic carbocycles. The maximum Gasteiger partial charge on any atom is 0.244 e. The molecule has 0 saturated heterocycles. The maximum absolute atomic E-state index is 12.7. The van der Waals surface area contributed by atoms with Crippen molar-refractivity contribution in [1.29, 1.82) is 0 Å². The SMILES string of the molecule is CCN(Cc1ccccn1)S(=O)(=O)c1cc(CN)n(C)c1. The fourth-order valence-electron chi connectivity index (χ4n) is 2.11. The molecule has 0 fully saturated rings. The summed E-state index contributed by atoms with van der Waals surface area (Å²) in [5, 5.41) is 0. The molecule has 2 aromatic rings. The van der Waals surface area contributed by atoms with Gasteiger partial charge < -0.3 is 10.3 Å². The lowest BCUT2D eigenvalue weighted by Crippen LogP contribution is -2.30. The quantitative estimate of drug-likeness (QED) is 0.866. The third kappa shape index (κ3) is 3.31. The highest BCUT2D eigenvalue weighted by Gasteiger charge is 2.25. The molecule has 0 radical (unpaired) electrons. The zero-order valence-electron chi connectivity index (χ0n) is 12.2. The van der Waals surface area contributed by atoms with Crippen molar-refractivity contribution in [3.8, 4) is 0 Å². The fourth-order valence-corrected chi connectivity index (χ4v) is 3.63. The summed E-state index contributed by atoms with van der Waals surface area (Å²) < 4.78 is 28.5. The topological polar surface area (TPSA) is 81.2 Å². The number of aromatic nitrogens is 2. The first-order valence-electron chi connectivity index (χ1n) is 6.74. The molecule has 0 amide bonds. The molecule has 0 spiro atoms. The number of nitrogens with zero attached hydrogens (tertiary/aromatic N) is 3. The largest absolute Gasteiger partial charge is 0.352 e. The lowest BCUT2D eigenvalue weighted by atomic mass is 10.3. The van der Waals surface area contributed by atoms with Gasteiger partial charge >= 0.3 is 0 Å². The lowest BCUT2D eigenvalue weighted by molar-refractivity contribution is 0.419. The number of hydrogen-bond donors (Lipinski definition) is 1. The Morgan fingerprint density at radius 2 is 2.14 bits per heavy atom. The van der Waals surface area contributed by atoms with Crippen LogP contribution in [0.4, 0.5) is 0 Å². The first-order valence-corrected chi connectivity index (χ1v) is 8.18. The Bertz CT molecular complexity index is 695. The van der Waals surface area contributed by atoms with Crippen LogP contribution < -0.4 is 5.73 Å². The molecule has 0 aliphatic carbocycles. The summed E-state index contributed by atoms with van der Waals surface area (Å²) in [6, 6.07) is 7.09. The van der Waals surface area contributed by atoms with Crippen molar-refractivity contribution >= 4 is 10.0 Å². The minimum atomic E-state index is -3.54. The van der Waals surface area contributed by atoms with E-state index in [2.05, 4.69) is 4.98 Å². The molecule has 2 N–H and O–H groups in total. The van der Waals surface area contributed by atoms with Crippen LogP contribution in [0, 0.1) is 0 Å². The second-order valence-electron chi connectivity index (χ2n) is 4.73. The van der Waals surface area contributed by atoms with Crippen molar-refractivity contribution in [2.24, 2.45) is 12.8 Å². The van der Waals surface area contributed by atoms with Gasteiger partial charge in [-0.2, -0.15) is 4.31 Å². The van der Waals surface area contributed by atoms with Crippen molar-refractivity contribution in [2.75, 3.05) is 6.54 Å². The molecule has 0 saturated carbocycles. The van der Waals surface area contributed by atoms with E-state index in [1.807, 2.05) is 19.1 Å². The Morgan fingerprint density at radius 3 is 2.67 bits per heavy atom. The van der Waals surface area contributed by atoms with Crippen LogP contribution in [0.25, 0.3) is 0 Å². The van der Waals surface area contributed by atoms with Gasteiger partial charge in [-0.3, -0.25) is 4.98 Å². The predicted molar refractivity (Wildman–Crippen MR) is 80.8 cm³/mol. The molecular weight excluding hydrogens is 288 g/mol. The van der Waals surface area contributed by atoms with Crippen molar-refractivity contribution < 1.29 is 8.42 Å². The summed E-state index contributed by atoms with van der Waals surface area (Å²) in [6.45, 7) is 2.75. The number of aryl methyl sites for hydroxylation is 1. The second kappa shape index (κ2) is 6.38. The molecule has 0 bridgehead atoms. The molecule has 2 rings (SSSR count). The molecule has 2 heterocycles. The molecule has 114 valence electrons. The van der Waals surface area contributed by atoms with E-state index in [1.165, 1.54) is 4.31 Å². The fraction of sp³-hybridized carbons (Fsp3) is 0.357. The van der Waals surface area contributed by atoms with Crippen molar-refractivity contribution in [3.05, 3.63) is 48.0 Å². The van der Waals surface area contributed by atoms with E-state index >= 15 is 0 Å². The monoisotopic (exact) mass is 308 g/mol. The minimum Gasteiger partial charge on any atom is -0.352 e. The molecule has 0 unspecified atom stereocenters. The third-order valence-corrected chi connectivity index (χ3v) is 5.23. The van der Waals surface area contributed by atoms with Crippen LogP contribution in [0.2, 0.25) is 0 Å². The Morgan fingerprint density at radius 1 is 1.38 bits per heavy atom. The summed E-state index contributed by atoms with van der Waals surface area (Å²) in [4.78, 5) is 4.45. The van der Waals surface area contributed by atoms with Crippen LogP contribution in [-0.4, -0.2) is 28.8 Å². The Labute approximate surface area is 125 Å². The van der Waals surface area contributed by atoms with Crippen molar-refractivity contribution in [2.45, 2.75) is 24.9 Å². The van der Waals surface area contributed by atoms with E-state index in [1.54, 1.807) is 36.1 Å². The van der Waals surface area contributed by atoms with Gasteiger partial charge in [-0.05, 0) is 18.2 Å². The van der Waals surface area contributed by atoms with Gasteiger partial charge in [0.05, 0.1) is 12.2 Å². The molecule has 7 heteroatoms. The normalized spacial score (nSPS) is 12.0. The van der Waals surface area contributed by atoms with Crippen molar-refractivity contribution in [1.82, 2.24) is 13.9 Å². The number of pyridine rings is 1. The van der Waals surface area contributed by atoms with Crippen LogP contribution in [-0.2, 0) is 30.2 Å². The predicted octanol–water partition coefficient (Wildman–Crippen LogP) is 1.09. The summed E-state index contributed by atoms with van der Waals surface area (Å²) in [6.07, 6.45) is 3.25. The standard InChI is InChI=1S/C14H20N4O2S/c1-3-18(10-12-6-4-5-7-16-12)21(19,20)14-8-13(9-15)17(2)11-14/h4-8,11H,3,9-10,15H2,1-2H3. The minimum absolute atomic E-state index is 0.256. The second-order valence-corrected chi connectivity index (χ2v) is 6.67. The van der Waals surface area contributed by atoms with Gasteiger partial charge in [-0.1, -0.05) is 13.0 Å². The maximum atomic E-state index is 12.7. The highest BCUT2D eigenvalue weighted by Crippen LogP contribution is 2.19. The molecule has 0 aliphatic rings. The Kier molecular flexibility index (Phi) is 4.76. The molecule has 21 heavy (non-hydrogen) atoms. The molecule has 0 aliphatic heterocycles. The van der Waals surface area contributed by atoms with Crippen LogP contribution in [0.5, 0.6) is 0 Å². The third-order valence-electron chi connectivity index (χ3n) is 3.35. The van der Waals surface area contributed by atoms with Gasteiger partial charge in [0.25, 0.3) is 0 Å². The number of nitrogens with two attached hydrogens (primary N) is 1. The first-order chi connectivity index (χ1) is 9.98. The van der Waals surface area contributed by atoms with Gasteiger partial charge in [0.2, 0.25) is 10.0 Å². The average Bonchev–Trinajstić information content (AvgIpc) is 2.87. The highest BCUT2D eigenvalue weighted by atomic mass is 32.2. The van der Waals surface area contributed by atoms with Gasteiger partial charge in [0, 0.05) is 38.2 Å². The summed E-state index contributed by atoms with van der Waals surface area (Å²) in [5.41, 5.74) is 7.10. The van der Waals surface area contributed by atoms with Gasteiger partial charge in [0.15, 0.2) is 0 Å². The summed E-state index contributed by atoms with van der Waals surface area (Å²) in [7, 11) is -1.76. The van der Waals surface area contributed by atoms with Crippen LogP contribution >= 0.6 is 0 Å². The number of sulfonamides is 1. The molecule has 2 aromatic heterocycles. The highest BCUT2D eigenvalue weighted by molar-refractivity contribution is 7.89. The van der Waals surface area contributed by atoms with Gasteiger partial charge in [-0.15, -0.1) is 0 Å². The van der Waals surface area contributed by atoms with E-state index in [0.29, 0.717) is 13.1 Å². The van der Waals surface area contributed by atoms with Crippen LogP contribution in [0.1, 0.15) is 18.3 Å². The van der Waals surface area contributed by atoms with E-state index in [9.17, 15) is 8.42 Å². The van der Waals surface area contributed by atoms with E-state index in [0.717, 1.165) is 11.4 Å². The van der Waals surface area contributed by atoms with Gasteiger partial charge in [-0.25, -0.2) is 8.42 Å². The average molecular weight is 308 g/mol. The molecular formula is C14H20N4O2S. The van der Waals surface area contributed by atoms with Crippen molar-refractivity contribution in [3.63, 3.8) is 0 Å². The number of rotatable bonds is 6. The number of hydrogen-bond acceptors (Lipinski definition) is 4.